The topological polar surface area (TPSA) is 72.2 Å². The summed E-state index contributed by atoms with van der Waals surface area (Å²) in [6.07, 6.45) is 1.77. The molecule has 1 aromatic carbocycles. The van der Waals surface area contributed by atoms with E-state index in [0.29, 0.717) is 12.8 Å². The first-order chi connectivity index (χ1) is 9.43. The molecule has 0 radical (unpaired) electrons. The molecule has 1 aromatic rings. The molecular weight excluding hydrogens is 320 g/mol. The number of carbonyl (C=O) groups is 2. The van der Waals surface area contributed by atoms with Crippen molar-refractivity contribution in [1.29, 1.82) is 0 Å². The number of amides is 2. The van der Waals surface area contributed by atoms with E-state index in [4.69, 9.17) is 5.73 Å². The van der Waals surface area contributed by atoms with Crippen molar-refractivity contribution in [1.82, 2.24) is 5.32 Å². The molecule has 3 N–H and O–H groups in total. The van der Waals surface area contributed by atoms with Crippen LogP contribution in [0, 0.1) is 5.92 Å². The zero-order valence-electron chi connectivity index (χ0n) is 11.9. The van der Waals surface area contributed by atoms with Gasteiger partial charge in [0.25, 0.3) is 0 Å². The molecule has 0 fully saturated rings. The SMILES string of the molecule is CCC(C)C(NC(=O)CCc1cccc(Br)c1)C(N)=O. The minimum Gasteiger partial charge on any atom is -0.368 e. The number of hydrogen-bond acceptors (Lipinski definition) is 2. The first-order valence-electron chi connectivity index (χ1n) is 6.77. The maximum absolute atomic E-state index is 11.9. The zero-order valence-corrected chi connectivity index (χ0v) is 13.4. The zero-order chi connectivity index (χ0) is 15.1. The standard InChI is InChI=1S/C15H21BrN2O2/c1-3-10(2)14(15(17)20)18-13(19)8-7-11-5-4-6-12(16)9-11/h4-6,9-10,14H,3,7-8H2,1-2H3,(H2,17,20)(H,18,19). The first kappa shape index (κ1) is 16.7. The molecule has 0 aromatic heterocycles. The number of aryl methyl sites for hydroxylation is 1. The fourth-order valence-corrected chi connectivity index (χ4v) is 2.37. The molecule has 0 aliphatic rings. The summed E-state index contributed by atoms with van der Waals surface area (Å²) in [6.45, 7) is 3.87. The van der Waals surface area contributed by atoms with E-state index in [0.717, 1.165) is 16.5 Å². The average Bonchev–Trinajstić information content (AvgIpc) is 2.41. The molecule has 0 saturated heterocycles. The molecule has 0 heterocycles. The van der Waals surface area contributed by atoms with Crippen LogP contribution in [0.3, 0.4) is 0 Å². The molecule has 0 aliphatic carbocycles. The van der Waals surface area contributed by atoms with Crippen LogP contribution in [0.5, 0.6) is 0 Å². The molecule has 110 valence electrons. The van der Waals surface area contributed by atoms with Gasteiger partial charge in [-0.05, 0) is 30.0 Å². The minimum absolute atomic E-state index is 0.0438. The highest BCUT2D eigenvalue weighted by Gasteiger charge is 2.23. The predicted molar refractivity (Wildman–Crippen MR) is 83.0 cm³/mol. The van der Waals surface area contributed by atoms with Gasteiger partial charge in [-0.2, -0.15) is 0 Å². The van der Waals surface area contributed by atoms with Gasteiger partial charge in [0.15, 0.2) is 0 Å². The fraction of sp³-hybridized carbons (Fsp3) is 0.467. The summed E-state index contributed by atoms with van der Waals surface area (Å²) in [5, 5.41) is 2.73. The van der Waals surface area contributed by atoms with E-state index in [1.165, 1.54) is 0 Å². The number of primary amides is 1. The smallest absolute Gasteiger partial charge is 0.240 e. The van der Waals surface area contributed by atoms with E-state index < -0.39 is 11.9 Å². The van der Waals surface area contributed by atoms with Crippen LogP contribution >= 0.6 is 15.9 Å². The number of carbonyl (C=O) groups excluding carboxylic acids is 2. The lowest BCUT2D eigenvalue weighted by atomic mass is 9.98. The fourth-order valence-electron chi connectivity index (χ4n) is 1.93. The predicted octanol–water partition coefficient (Wildman–Crippen LogP) is 2.40. The summed E-state index contributed by atoms with van der Waals surface area (Å²) in [4.78, 5) is 23.3. The maximum atomic E-state index is 11.9. The number of rotatable bonds is 7. The van der Waals surface area contributed by atoms with Gasteiger partial charge < -0.3 is 11.1 Å². The van der Waals surface area contributed by atoms with Crippen LogP contribution in [0.4, 0.5) is 0 Å². The van der Waals surface area contributed by atoms with Crippen molar-refractivity contribution in [2.24, 2.45) is 11.7 Å². The molecular formula is C15H21BrN2O2. The molecule has 0 bridgehead atoms. The third kappa shape index (κ3) is 5.33. The third-order valence-corrected chi connectivity index (χ3v) is 3.86. The van der Waals surface area contributed by atoms with Crippen molar-refractivity contribution in [3.05, 3.63) is 34.3 Å². The molecule has 0 saturated carbocycles. The summed E-state index contributed by atoms with van der Waals surface area (Å²) in [7, 11) is 0. The van der Waals surface area contributed by atoms with Crippen molar-refractivity contribution in [3.63, 3.8) is 0 Å². The van der Waals surface area contributed by atoms with E-state index >= 15 is 0 Å². The molecule has 20 heavy (non-hydrogen) atoms. The lowest BCUT2D eigenvalue weighted by Crippen LogP contribution is -2.48. The van der Waals surface area contributed by atoms with E-state index in [2.05, 4.69) is 21.2 Å². The van der Waals surface area contributed by atoms with Gasteiger partial charge >= 0.3 is 0 Å². The summed E-state index contributed by atoms with van der Waals surface area (Å²) < 4.78 is 0.991. The Morgan fingerprint density at radius 1 is 1.40 bits per heavy atom. The highest BCUT2D eigenvalue weighted by molar-refractivity contribution is 9.10. The van der Waals surface area contributed by atoms with Crippen molar-refractivity contribution >= 4 is 27.7 Å². The summed E-state index contributed by atoms with van der Waals surface area (Å²) in [6, 6.07) is 7.24. The molecule has 2 amide bonds. The Morgan fingerprint density at radius 3 is 2.65 bits per heavy atom. The van der Waals surface area contributed by atoms with Crippen LogP contribution in [0.1, 0.15) is 32.3 Å². The Kier molecular flexibility index (Phi) is 6.71. The molecule has 2 unspecified atom stereocenters. The van der Waals surface area contributed by atoms with E-state index in [1.807, 2.05) is 38.1 Å². The number of halogens is 1. The van der Waals surface area contributed by atoms with E-state index in [1.54, 1.807) is 0 Å². The number of nitrogens with two attached hydrogens (primary N) is 1. The van der Waals surface area contributed by atoms with E-state index in [9.17, 15) is 9.59 Å². The van der Waals surface area contributed by atoms with Gasteiger partial charge in [-0.25, -0.2) is 0 Å². The lowest BCUT2D eigenvalue weighted by molar-refractivity contribution is -0.128. The molecule has 0 aliphatic heterocycles. The van der Waals surface area contributed by atoms with Crippen molar-refractivity contribution in [2.75, 3.05) is 0 Å². The maximum Gasteiger partial charge on any atom is 0.240 e. The average molecular weight is 341 g/mol. The Morgan fingerprint density at radius 2 is 2.10 bits per heavy atom. The Bertz CT molecular complexity index is 477. The minimum atomic E-state index is -0.588. The molecule has 0 spiro atoms. The normalized spacial score (nSPS) is 13.6. The molecule has 4 nitrogen and oxygen atoms in total. The largest absolute Gasteiger partial charge is 0.368 e. The van der Waals surface area contributed by atoms with Crippen LogP contribution in [0.25, 0.3) is 0 Å². The van der Waals surface area contributed by atoms with Crippen molar-refractivity contribution in [2.45, 2.75) is 39.2 Å². The van der Waals surface area contributed by atoms with E-state index in [-0.39, 0.29) is 11.8 Å². The Hall–Kier alpha value is -1.36. The van der Waals surface area contributed by atoms with Gasteiger partial charge in [0.05, 0.1) is 0 Å². The van der Waals surface area contributed by atoms with Crippen molar-refractivity contribution in [3.8, 4) is 0 Å². The van der Waals surface area contributed by atoms with Gasteiger partial charge in [0.2, 0.25) is 11.8 Å². The quantitative estimate of drug-likeness (QED) is 0.799. The number of nitrogens with one attached hydrogen (secondary N) is 1. The highest BCUT2D eigenvalue weighted by atomic mass is 79.9. The van der Waals surface area contributed by atoms with Gasteiger partial charge in [-0.3, -0.25) is 9.59 Å². The van der Waals surface area contributed by atoms with Gasteiger partial charge in [-0.15, -0.1) is 0 Å². The second-order valence-electron chi connectivity index (χ2n) is 4.96. The molecule has 1 rings (SSSR count). The number of hydrogen-bond donors (Lipinski definition) is 2. The highest BCUT2D eigenvalue weighted by Crippen LogP contribution is 2.13. The number of benzene rings is 1. The van der Waals surface area contributed by atoms with Gasteiger partial charge in [-0.1, -0.05) is 48.3 Å². The van der Waals surface area contributed by atoms with Crippen molar-refractivity contribution < 1.29 is 9.59 Å². The summed E-state index contributed by atoms with van der Waals surface area (Å²) >= 11 is 3.40. The third-order valence-electron chi connectivity index (χ3n) is 3.37. The summed E-state index contributed by atoms with van der Waals surface area (Å²) in [5.74, 6) is -0.577. The van der Waals surface area contributed by atoms with Crippen LogP contribution < -0.4 is 11.1 Å². The lowest BCUT2D eigenvalue weighted by Gasteiger charge is -2.21. The monoisotopic (exact) mass is 340 g/mol. The second kappa shape index (κ2) is 8.04. The second-order valence-corrected chi connectivity index (χ2v) is 5.88. The van der Waals surface area contributed by atoms with Crippen LogP contribution in [-0.2, 0) is 16.0 Å². The molecule has 2 atom stereocenters. The van der Waals surface area contributed by atoms with Gasteiger partial charge in [0.1, 0.15) is 6.04 Å². The molecule has 5 heteroatoms. The van der Waals surface area contributed by atoms with Crippen LogP contribution in [0.2, 0.25) is 0 Å². The van der Waals surface area contributed by atoms with Gasteiger partial charge in [0, 0.05) is 10.9 Å². The van der Waals surface area contributed by atoms with Crippen LogP contribution in [-0.4, -0.2) is 17.9 Å². The summed E-state index contributed by atoms with van der Waals surface area (Å²) in [5.41, 5.74) is 6.41. The Balaban J connectivity index is 2.52. The first-order valence-corrected chi connectivity index (χ1v) is 7.56. The van der Waals surface area contributed by atoms with Crippen LogP contribution in [0.15, 0.2) is 28.7 Å². The Labute approximate surface area is 128 Å².